The Kier molecular flexibility index (Phi) is 6.39. The van der Waals surface area contributed by atoms with E-state index in [1.807, 2.05) is 0 Å². The van der Waals surface area contributed by atoms with Gasteiger partial charge in [-0.25, -0.2) is 0 Å². The van der Waals surface area contributed by atoms with Crippen LogP contribution in [0.2, 0.25) is 0 Å². The number of benzene rings is 1. The van der Waals surface area contributed by atoms with E-state index in [0.717, 1.165) is 6.08 Å². The summed E-state index contributed by atoms with van der Waals surface area (Å²) in [5.41, 5.74) is 0.0325. The van der Waals surface area contributed by atoms with Crippen LogP contribution >= 0.6 is 0 Å². The number of hydrogen-bond donors (Lipinski definition) is 1. The average Bonchev–Trinajstić information content (AvgIpc) is 2.30. The summed E-state index contributed by atoms with van der Waals surface area (Å²) < 4.78 is 0. The Hall–Kier alpha value is -2.68. The van der Waals surface area contributed by atoms with Gasteiger partial charge in [0, 0.05) is 13.0 Å². The number of hydrogen-bond acceptors (Lipinski definition) is 4. The molecule has 0 radical (unpaired) electrons. The molecule has 1 amide bonds. The molecular formula is C11H11N3O3. The first-order valence-electron chi connectivity index (χ1n) is 4.54. The molecular weight excluding hydrogens is 222 g/mol. The normalized spacial score (nSPS) is 8.00. The van der Waals surface area contributed by atoms with E-state index in [1.54, 1.807) is 12.1 Å². The molecule has 17 heavy (non-hydrogen) atoms. The minimum atomic E-state index is -0.557. The molecule has 1 aromatic rings. The molecule has 6 nitrogen and oxygen atoms in total. The molecule has 0 saturated carbocycles. The number of rotatable bonds is 3. The van der Waals surface area contributed by atoms with Crippen LogP contribution in [0.5, 0.6) is 0 Å². The Morgan fingerprint density at radius 2 is 2.12 bits per heavy atom. The van der Waals surface area contributed by atoms with Crippen LogP contribution in [0.15, 0.2) is 36.9 Å². The van der Waals surface area contributed by atoms with Crippen molar-refractivity contribution < 1.29 is 9.72 Å². The van der Waals surface area contributed by atoms with Crippen molar-refractivity contribution in [1.82, 2.24) is 0 Å². The molecule has 6 heteroatoms. The van der Waals surface area contributed by atoms with Gasteiger partial charge in [0.05, 0.1) is 11.0 Å². The maximum atomic E-state index is 10.9. The number of nitrogens with one attached hydrogen (secondary N) is 1. The third-order valence-corrected chi connectivity index (χ3v) is 1.54. The quantitative estimate of drug-likeness (QED) is 0.492. The number of anilines is 1. The second-order valence-corrected chi connectivity index (χ2v) is 2.69. The van der Waals surface area contributed by atoms with Crippen molar-refractivity contribution in [2.45, 2.75) is 6.92 Å². The molecule has 0 aliphatic carbocycles. The summed E-state index contributed by atoms with van der Waals surface area (Å²) in [4.78, 5) is 20.9. The van der Waals surface area contributed by atoms with E-state index < -0.39 is 10.8 Å². The predicted molar refractivity (Wildman–Crippen MR) is 63.2 cm³/mol. The third kappa shape index (κ3) is 5.09. The average molecular weight is 233 g/mol. The maximum absolute atomic E-state index is 10.9. The van der Waals surface area contributed by atoms with Crippen LogP contribution < -0.4 is 5.32 Å². The molecule has 0 aliphatic rings. The number of carbonyl (C=O) groups is 1. The molecule has 1 N–H and O–H groups in total. The van der Waals surface area contributed by atoms with Crippen molar-refractivity contribution >= 4 is 17.3 Å². The van der Waals surface area contributed by atoms with Gasteiger partial charge in [-0.05, 0) is 12.1 Å². The van der Waals surface area contributed by atoms with Crippen LogP contribution in [0.4, 0.5) is 11.4 Å². The Labute approximate surface area is 98.3 Å². The first-order chi connectivity index (χ1) is 8.06. The highest BCUT2D eigenvalue weighted by molar-refractivity contribution is 6.00. The van der Waals surface area contributed by atoms with E-state index in [-0.39, 0.29) is 11.4 Å². The number of nitriles is 1. The Morgan fingerprint density at radius 1 is 1.59 bits per heavy atom. The van der Waals surface area contributed by atoms with Crippen molar-refractivity contribution in [3.63, 3.8) is 0 Å². The fourth-order valence-electron chi connectivity index (χ4n) is 0.922. The van der Waals surface area contributed by atoms with Gasteiger partial charge in [-0.2, -0.15) is 5.26 Å². The lowest BCUT2D eigenvalue weighted by atomic mass is 10.2. The van der Waals surface area contributed by atoms with Crippen molar-refractivity contribution in [3.05, 3.63) is 47.0 Å². The van der Waals surface area contributed by atoms with E-state index in [9.17, 15) is 14.9 Å². The summed E-state index contributed by atoms with van der Waals surface area (Å²) in [5, 5.41) is 20.2. The lowest BCUT2D eigenvalue weighted by Crippen LogP contribution is -2.08. The molecule has 0 atom stereocenters. The first kappa shape index (κ1) is 14.3. The highest BCUT2D eigenvalue weighted by Gasteiger charge is 2.12. The van der Waals surface area contributed by atoms with Crippen LogP contribution in [0, 0.1) is 21.4 Å². The van der Waals surface area contributed by atoms with Crippen molar-refractivity contribution in [2.75, 3.05) is 5.32 Å². The maximum Gasteiger partial charge on any atom is 0.292 e. The minimum Gasteiger partial charge on any atom is -0.317 e. The molecule has 0 bridgehead atoms. The smallest absolute Gasteiger partial charge is 0.292 e. The molecule has 1 rings (SSSR count). The number of carbonyl (C=O) groups excluding carboxylic acids is 1. The zero-order chi connectivity index (χ0) is 13.3. The fourth-order valence-corrected chi connectivity index (χ4v) is 0.922. The molecule has 1 aromatic carbocycles. The first-order valence-corrected chi connectivity index (χ1v) is 4.54. The molecule has 88 valence electrons. The standard InChI is InChI=1S/C9H8N2O3.C2H3N/c1-2-9(12)10-7-5-3-4-6-8(7)11(13)14;1-2-3/h2-6H,1H2,(H,10,12);1H3. The van der Waals surface area contributed by atoms with Gasteiger partial charge in [-0.15, -0.1) is 0 Å². The Bertz CT molecular complexity index is 463. The third-order valence-electron chi connectivity index (χ3n) is 1.54. The van der Waals surface area contributed by atoms with Crippen LogP contribution in [0.3, 0.4) is 0 Å². The summed E-state index contributed by atoms with van der Waals surface area (Å²) in [6, 6.07) is 7.66. The van der Waals surface area contributed by atoms with Gasteiger partial charge in [0.1, 0.15) is 5.69 Å². The number of nitro groups is 1. The van der Waals surface area contributed by atoms with E-state index in [4.69, 9.17) is 5.26 Å². The van der Waals surface area contributed by atoms with Crippen LogP contribution in [0.1, 0.15) is 6.92 Å². The van der Waals surface area contributed by atoms with Gasteiger partial charge >= 0.3 is 0 Å². The molecule has 0 fully saturated rings. The SMILES string of the molecule is C=CC(=O)Nc1ccccc1[N+](=O)[O-].CC#N. The summed E-state index contributed by atoms with van der Waals surface area (Å²) in [6.45, 7) is 4.68. The summed E-state index contributed by atoms with van der Waals surface area (Å²) in [6.07, 6.45) is 1.05. The van der Waals surface area contributed by atoms with Crippen molar-refractivity contribution in [2.24, 2.45) is 0 Å². The summed E-state index contributed by atoms with van der Waals surface area (Å²) in [7, 11) is 0. The van der Waals surface area contributed by atoms with Gasteiger partial charge in [0.25, 0.3) is 5.69 Å². The topological polar surface area (TPSA) is 96.0 Å². The highest BCUT2D eigenvalue weighted by atomic mass is 16.6. The number of para-hydroxylation sites is 2. The van der Waals surface area contributed by atoms with Gasteiger partial charge in [0.2, 0.25) is 5.91 Å². The molecule has 0 aromatic heterocycles. The van der Waals surface area contributed by atoms with E-state index in [1.165, 1.54) is 25.1 Å². The largest absolute Gasteiger partial charge is 0.317 e. The van der Waals surface area contributed by atoms with E-state index >= 15 is 0 Å². The van der Waals surface area contributed by atoms with Crippen molar-refractivity contribution in [3.8, 4) is 6.07 Å². The van der Waals surface area contributed by atoms with Crippen LogP contribution in [-0.4, -0.2) is 10.8 Å². The molecule has 0 spiro atoms. The molecule has 0 aliphatic heterocycles. The zero-order valence-electron chi connectivity index (χ0n) is 9.21. The number of nitrogens with zero attached hydrogens (tertiary/aromatic N) is 2. The van der Waals surface area contributed by atoms with E-state index in [2.05, 4.69) is 11.9 Å². The van der Waals surface area contributed by atoms with Crippen LogP contribution in [-0.2, 0) is 4.79 Å². The Morgan fingerprint density at radius 3 is 2.59 bits per heavy atom. The van der Waals surface area contributed by atoms with E-state index in [0.29, 0.717) is 0 Å². The van der Waals surface area contributed by atoms with Gasteiger partial charge in [-0.1, -0.05) is 18.7 Å². The number of amides is 1. The van der Waals surface area contributed by atoms with Crippen molar-refractivity contribution in [1.29, 1.82) is 5.26 Å². The highest BCUT2D eigenvalue weighted by Crippen LogP contribution is 2.22. The van der Waals surface area contributed by atoms with Gasteiger partial charge < -0.3 is 5.32 Å². The van der Waals surface area contributed by atoms with Gasteiger partial charge in [0.15, 0.2) is 0 Å². The monoisotopic (exact) mass is 233 g/mol. The molecule has 0 heterocycles. The van der Waals surface area contributed by atoms with Crippen LogP contribution in [0.25, 0.3) is 0 Å². The second-order valence-electron chi connectivity index (χ2n) is 2.69. The zero-order valence-corrected chi connectivity index (χ0v) is 9.21. The summed E-state index contributed by atoms with van der Waals surface area (Å²) >= 11 is 0. The minimum absolute atomic E-state index is 0.136. The molecule has 0 saturated heterocycles. The second kappa shape index (κ2) is 7.59. The lowest BCUT2D eigenvalue weighted by molar-refractivity contribution is -0.383. The Balaban J connectivity index is 0.000000770. The lowest BCUT2D eigenvalue weighted by Gasteiger charge is -2.01. The fraction of sp³-hybridized carbons (Fsp3) is 0.0909. The molecule has 0 unspecified atom stereocenters. The summed E-state index contributed by atoms with van der Waals surface area (Å²) in [5.74, 6) is -0.473. The predicted octanol–water partition coefficient (Wildman–Crippen LogP) is 2.25. The van der Waals surface area contributed by atoms with Gasteiger partial charge in [-0.3, -0.25) is 14.9 Å². The number of nitro benzene ring substituents is 1.